The van der Waals surface area contributed by atoms with E-state index in [9.17, 15) is 19.6 Å². The van der Waals surface area contributed by atoms with Crippen molar-refractivity contribution < 1.29 is 9.53 Å². The highest BCUT2D eigenvalue weighted by Gasteiger charge is 2.22. The van der Waals surface area contributed by atoms with Crippen LogP contribution in [0.2, 0.25) is 0 Å². The van der Waals surface area contributed by atoms with Crippen LogP contribution in [0.15, 0.2) is 88.1 Å². The molecule has 0 saturated heterocycles. The zero-order chi connectivity index (χ0) is 29.3. The highest BCUT2D eigenvalue weighted by Crippen LogP contribution is 2.25. The second kappa shape index (κ2) is 10.8. The van der Waals surface area contributed by atoms with Crippen LogP contribution in [0, 0.1) is 32.1 Å². The van der Waals surface area contributed by atoms with Crippen molar-refractivity contribution in [3.63, 3.8) is 0 Å². The lowest BCUT2D eigenvalue weighted by molar-refractivity contribution is -0.112. The van der Waals surface area contributed by atoms with E-state index in [2.05, 4.69) is 10.3 Å². The van der Waals surface area contributed by atoms with Crippen molar-refractivity contribution in [3.8, 4) is 23.4 Å². The largest absolute Gasteiger partial charge is 0.438 e. The molecule has 3 heterocycles. The van der Waals surface area contributed by atoms with Crippen LogP contribution in [0.4, 0.5) is 5.69 Å². The van der Waals surface area contributed by atoms with Gasteiger partial charge in [-0.25, -0.2) is 4.68 Å². The van der Waals surface area contributed by atoms with Crippen LogP contribution in [0.5, 0.6) is 11.6 Å². The first-order valence-corrected chi connectivity index (χ1v) is 12.7. The van der Waals surface area contributed by atoms with Gasteiger partial charge in [-0.05, 0) is 62.7 Å². The number of nitriles is 1. The average Bonchev–Trinajstić information content (AvgIpc) is 3.18. The number of aryl methyl sites for hydroxylation is 2. The number of carbonyl (C=O) groups excluding carboxylic acids is 1. The maximum atomic E-state index is 13.6. The minimum atomic E-state index is -0.853. The molecule has 10 nitrogen and oxygen atoms in total. The second-order valence-corrected chi connectivity index (χ2v) is 9.50. The van der Waals surface area contributed by atoms with Crippen LogP contribution in [0.3, 0.4) is 0 Å². The third kappa shape index (κ3) is 5.04. The Morgan fingerprint density at radius 3 is 2.37 bits per heavy atom. The number of anilines is 1. The molecular formula is C31H26N6O4. The number of aromatic nitrogens is 4. The maximum absolute atomic E-state index is 13.6. The summed E-state index contributed by atoms with van der Waals surface area (Å²) in [5.74, 6) is -0.482. The van der Waals surface area contributed by atoms with Gasteiger partial charge in [0.15, 0.2) is 0 Å². The van der Waals surface area contributed by atoms with Gasteiger partial charge in [-0.15, -0.1) is 0 Å². The topological polar surface area (TPSA) is 123 Å². The van der Waals surface area contributed by atoms with E-state index >= 15 is 0 Å². The van der Waals surface area contributed by atoms with Crippen LogP contribution in [0.1, 0.15) is 22.4 Å². The van der Waals surface area contributed by atoms with Gasteiger partial charge in [0.05, 0.1) is 11.4 Å². The van der Waals surface area contributed by atoms with Crippen molar-refractivity contribution in [1.29, 1.82) is 5.26 Å². The molecule has 204 valence electrons. The van der Waals surface area contributed by atoms with Crippen LogP contribution >= 0.6 is 0 Å². The Balaban J connectivity index is 1.59. The van der Waals surface area contributed by atoms with Gasteiger partial charge in [0, 0.05) is 13.2 Å². The van der Waals surface area contributed by atoms with Gasteiger partial charge >= 0.3 is 0 Å². The molecular weight excluding hydrogens is 520 g/mol. The summed E-state index contributed by atoms with van der Waals surface area (Å²) >= 11 is 0. The predicted molar refractivity (Wildman–Crippen MR) is 155 cm³/mol. The number of pyridine rings is 1. The molecule has 5 rings (SSSR count). The summed E-state index contributed by atoms with van der Waals surface area (Å²) < 4.78 is 10.3. The molecule has 0 saturated carbocycles. The molecule has 1 amide bonds. The monoisotopic (exact) mass is 546 g/mol. The van der Waals surface area contributed by atoms with E-state index in [1.165, 1.54) is 9.08 Å². The molecule has 0 unspecified atom stereocenters. The standard InChI is InChI=1S/C31H26N6O4/c1-19-12-14-24(15-13-19)41-29-25(30(39)36-16-8-9-20(2)27(36)34-29)17-22(18-32)28(38)33-26-21(3)35(4)37(31(26)40)23-10-6-5-7-11-23/h5-17H,1-4H3,(H,33,38). The molecule has 0 fully saturated rings. The van der Waals surface area contributed by atoms with Crippen LogP contribution < -0.4 is 21.2 Å². The van der Waals surface area contributed by atoms with E-state index in [4.69, 9.17) is 4.74 Å². The summed E-state index contributed by atoms with van der Waals surface area (Å²) in [4.78, 5) is 44.7. The smallest absolute Gasteiger partial charge is 0.295 e. The average molecular weight is 547 g/mol. The number of nitrogens with zero attached hydrogens (tertiary/aromatic N) is 5. The zero-order valence-electron chi connectivity index (χ0n) is 22.9. The quantitative estimate of drug-likeness (QED) is 0.248. The van der Waals surface area contributed by atoms with E-state index in [1.54, 1.807) is 67.3 Å². The number of nitrogens with one attached hydrogen (secondary N) is 1. The molecule has 0 atom stereocenters. The second-order valence-electron chi connectivity index (χ2n) is 9.50. The lowest BCUT2D eigenvalue weighted by Crippen LogP contribution is -2.24. The van der Waals surface area contributed by atoms with Gasteiger partial charge in [-0.3, -0.25) is 23.5 Å². The lowest BCUT2D eigenvalue weighted by Gasteiger charge is -2.11. The number of ether oxygens (including phenoxy) is 1. The number of fused-ring (bicyclic) bond motifs is 1. The first-order valence-electron chi connectivity index (χ1n) is 12.7. The number of rotatable bonds is 6. The molecule has 0 bridgehead atoms. The number of amides is 1. The van der Waals surface area contributed by atoms with E-state index in [0.717, 1.165) is 17.2 Å². The van der Waals surface area contributed by atoms with E-state index in [1.807, 2.05) is 44.2 Å². The Hall–Kier alpha value is -5.69. The van der Waals surface area contributed by atoms with Crippen LogP contribution in [-0.2, 0) is 11.8 Å². The van der Waals surface area contributed by atoms with Crippen LogP contribution in [-0.4, -0.2) is 24.7 Å². The fourth-order valence-corrected chi connectivity index (χ4v) is 4.40. The Morgan fingerprint density at radius 2 is 1.68 bits per heavy atom. The molecule has 2 aromatic carbocycles. The molecule has 0 aliphatic rings. The van der Waals surface area contributed by atoms with Crippen molar-refractivity contribution in [2.75, 3.05) is 5.32 Å². The minimum absolute atomic E-state index is 0.0163. The van der Waals surface area contributed by atoms with Crippen molar-refractivity contribution in [3.05, 3.63) is 122 Å². The molecule has 10 heteroatoms. The number of carbonyl (C=O) groups is 1. The number of hydrogen-bond donors (Lipinski definition) is 1. The van der Waals surface area contributed by atoms with Crippen molar-refractivity contribution in [2.45, 2.75) is 20.8 Å². The zero-order valence-corrected chi connectivity index (χ0v) is 22.9. The first kappa shape index (κ1) is 26.9. The van der Waals surface area contributed by atoms with Gasteiger partial charge in [-0.1, -0.05) is 42.0 Å². The van der Waals surface area contributed by atoms with Crippen molar-refractivity contribution in [2.24, 2.45) is 7.05 Å². The SMILES string of the molecule is Cc1ccc(Oc2nc3c(C)cccn3c(=O)c2C=C(C#N)C(=O)Nc2c(C)n(C)n(-c3ccccc3)c2=O)cc1. The normalized spacial score (nSPS) is 11.3. The summed E-state index contributed by atoms with van der Waals surface area (Å²) in [5.41, 5.74) is 1.76. The molecule has 5 aromatic rings. The third-order valence-corrected chi connectivity index (χ3v) is 6.73. The van der Waals surface area contributed by atoms with Gasteiger partial charge in [0.1, 0.15) is 34.3 Å². The fraction of sp³-hybridized carbons (Fsp3) is 0.129. The van der Waals surface area contributed by atoms with Gasteiger partial charge < -0.3 is 10.1 Å². The fourth-order valence-electron chi connectivity index (χ4n) is 4.40. The van der Waals surface area contributed by atoms with Crippen molar-refractivity contribution >= 4 is 23.3 Å². The summed E-state index contributed by atoms with van der Waals surface area (Å²) in [6, 6.07) is 21.5. The number of para-hydroxylation sites is 1. The Labute approximate surface area is 235 Å². The van der Waals surface area contributed by atoms with Gasteiger partial charge in [0.25, 0.3) is 17.0 Å². The van der Waals surface area contributed by atoms with E-state index < -0.39 is 22.6 Å². The predicted octanol–water partition coefficient (Wildman–Crippen LogP) is 4.45. The lowest BCUT2D eigenvalue weighted by atomic mass is 10.1. The minimum Gasteiger partial charge on any atom is -0.438 e. The van der Waals surface area contributed by atoms with E-state index in [-0.39, 0.29) is 17.1 Å². The summed E-state index contributed by atoms with van der Waals surface area (Å²) in [7, 11) is 1.69. The highest BCUT2D eigenvalue weighted by atomic mass is 16.5. The highest BCUT2D eigenvalue weighted by molar-refractivity contribution is 6.10. The first-order chi connectivity index (χ1) is 19.7. The molecule has 3 aromatic heterocycles. The summed E-state index contributed by atoms with van der Waals surface area (Å²) in [6.07, 6.45) is 2.69. The Bertz CT molecular complexity index is 1990. The molecule has 41 heavy (non-hydrogen) atoms. The molecule has 0 spiro atoms. The maximum Gasteiger partial charge on any atom is 0.295 e. The third-order valence-electron chi connectivity index (χ3n) is 6.73. The number of benzene rings is 2. The van der Waals surface area contributed by atoms with Gasteiger partial charge in [0.2, 0.25) is 5.88 Å². The van der Waals surface area contributed by atoms with Gasteiger partial charge in [-0.2, -0.15) is 10.2 Å². The van der Waals surface area contributed by atoms with E-state index in [0.29, 0.717) is 22.8 Å². The molecule has 0 radical (unpaired) electrons. The Kier molecular flexibility index (Phi) is 7.10. The molecule has 0 aliphatic carbocycles. The molecule has 0 aliphatic heterocycles. The number of hydrogen-bond acceptors (Lipinski definition) is 6. The molecule has 1 N–H and O–H groups in total. The summed E-state index contributed by atoms with van der Waals surface area (Å²) in [5, 5.41) is 12.5. The van der Waals surface area contributed by atoms with Crippen LogP contribution in [0.25, 0.3) is 17.4 Å². The Morgan fingerprint density at radius 1 is 0.976 bits per heavy atom. The summed E-state index contributed by atoms with van der Waals surface area (Å²) in [6.45, 7) is 5.43. The van der Waals surface area contributed by atoms with Crippen molar-refractivity contribution in [1.82, 2.24) is 18.7 Å².